The molecule has 0 radical (unpaired) electrons. The summed E-state index contributed by atoms with van der Waals surface area (Å²) in [5.41, 5.74) is 7.85. The van der Waals surface area contributed by atoms with Crippen molar-refractivity contribution in [3.63, 3.8) is 0 Å². The number of aromatic nitrogens is 1. The van der Waals surface area contributed by atoms with Gasteiger partial charge in [-0.1, -0.05) is 18.2 Å². The van der Waals surface area contributed by atoms with Crippen LogP contribution in [0.3, 0.4) is 0 Å². The molecule has 0 atom stereocenters. The third-order valence-corrected chi connectivity index (χ3v) is 5.37. The second-order valence-electron chi connectivity index (χ2n) is 5.78. The van der Waals surface area contributed by atoms with Gasteiger partial charge in [-0.25, -0.2) is 12.4 Å². The molecule has 0 saturated heterocycles. The Hall–Kier alpha value is -2.31. The Morgan fingerprint density at radius 1 is 1.04 bits per heavy atom. The molecule has 23 heavy (non-hydrogen) atoms. The first-order chi connectivity index (χ1) is 10.9. The maximum absolute atomic E-state index is 13.0. The highest BCUT2D eigenvalue weighted by atomic mass is 32.2. The minimum atomic E-state index is -3.65. The molecule has 3 aromatic rings. The summed E-state index contributed by atoms with van der Waals surface area (Å²) in [7, 11) is 0.263. The number of para-hydroxylation sites is 1. The number of hydrogen-bond donors (Lipinski definition) is 1. The number of nitrogens with two attached hydrogens (primary N) is 1. The Kier molecular flexibility index (Phi) is 3.87. The van der Waals surface area contributed by atoms with Gasteiger partial charge in [0.15, 0.2) is 0 Å². The van der Waals surface area contributed by atoms with Crippen LogP contribution in [0.4, 0.5) is 5.69 Å². The molecule has 6 heteroatoms. The molecule has 0 fully saturated rings. The van der Waals surface area contributed by atoms with Gasteiger partial charge < -0.3 is 10.6 Å². The number of fused-ring (bicyclic) bond motifs is 1. The van der Waals surface area contributed by atoms with Gasteiger partial charge in [-0.3, -0.25) is 0 Å². The summed E-state index contributed by atoms with van der Waals surface area (Å²) in [6.07, 6.45) is 1.70. The minimum absolute atomic E-state index is 0.226. The molecule has 0 aliphatic carbocycles. The first-order valence-electron chi connectivity index (χ1n) is 7.24. The number of anilines is 1. The molecular formula is C17H19N3O2S. The summed E-state index contributed by atoms with van der Waals surface area (Å²) in [5, 5.41) is 0.945. The summed E-state index contributed by atoms with van der Waals surface area (Å²) in [5.74, 6) is 0. The van der Waals surface area contributed by atoms with Gasteiger partial charge in [0.05, 0.1) is 10.4 Å². The molecule has 0 aliphatic rings. The van der Waals surface area contributed by atoms with Gasteiger partial charge in [0.1, 0.15) is 0 Å². The molecule has 0 saturated carbocycles. The molecule has 120 valence electrons. The number of rotatable bonds is 4. The van der Waals surface area contributed by atoms with Crippen molar-refractivity contribution in [2.45, 2.75) is 11.4 Å². The first-order valence-corrected chi connectivity index (χ1v) is 8.68. The van der Waals surface area contributed by atoms with Crippen molar-refractivity contribution in [1.82, 2.24) is 8.87 Å². The highest BCUT2D eigenvalue weighted by Crippen LogP contribution is 2.26. The average Bonchev–Trinajstić information content (AvgIpc) is 2.87. The largest absolute Gasteiger partial charge is 0.399 e. The Labute approximate surface area is 136 Å². The van der Waals surface area contributed by atoms with E-state index in [1.807, 2.05) is 43.3 Å². The fourth-order valence-electron chi connectivity index (χ4n) is 2.64. The normalized spacial score (nSPS) is 12.1. The van der Waals surface area contributed by atoms with E-state index in [1.54, 1.807) is 18.3 Å². The predicted molar refractivity (Wildman–Crippen MR) is 92.8 cm³/mol. The monoisotopic (exact) mass is 329 g/mol. The molecule has 0 aliphatic heterocycles. The smallest absolute Gasteiger partial charge is 0.268 e. The van der Waals surface area contributed by atoms with E-state index >= 15 is 0 Å². The van der Waals surface area contributed by atoms with Gasteiger partial charge in [-0.15, -0.1) is 0 Å². The highest BCUT2D eigenvalue weighted by Gasteiger charge is 2.21. The summed E-state index contributed by atoms with van der Waals surface area (Å²) < 4.78 is 27.3. The Bertz CT molecular complexity index is 942. The van der Waals surface area contributed by atoms with Crippen molar-refractivity contribution in [3.05, 3.63) is 60.3 Å². The maximum Gasteiger partial charge on any atom is 0.268 e. The molecule has 1 aromatic heterocycles. The van der Waals surface area contributed by atoms with Crippen molar-refractivity contribution >= 4 is 26.6 Å². The van der Waals surface area contributed by atoms with Gasteiger partial charge in [0, 0.05) is 23.8 Å². The van der Waals surface area contributed by atoms with E-state index in [9.17, 15) is 8.42 Å². The minimum Gasteiger partial charge on any atom is -0.399 e. The maximum atomic E-state index is 13.0. The molecule has 0 amide bonds. The van der Waals surface area contributed by atoms with E-state index in [2.05, 4.69) is 0 Å². The van der Waals surface area contributed by atoms with Crippen LogP contribution in [0.5, 0.6) is 0 Å². The molecule has 0 unspecified atom stereocenters. The number of nitrogen functional groups attached to an aromatic ring is 1. The van der Waals surface area contributed by atoms with Gasteiger partial charge in [0.25, 0.3) is 10.0 Å². The van der Waals surface area contributed by atoms with Crippen LogP contribution in [0, 0.1) is 0 Å². The highest BCUT2D eigenvalue weighted by molar-refractivity contribution is 7.90. The third-order valence-electron chi connectivity index (χ3n) is 3.68. The summed E-state index contributed by atoms with van der Waals surface area (Å²) in [6, 6.07) is 13.8. The van der Waals surface area contributed by atoms with Crippen LogP contribution in [0.25, 0.3) is 10.9 Å². The topological polar surface area (TPSA) is 68.3 Å². The van der Waals surface area contributed by atoms with E-state index < -0.39 is 10.0 Å². The number of hydrogen-bond acceptors (Lipinski definition) is 4. The van der Waals surface area contributed by atoms with Gasteiger partial charge in [0.2, 0.25) is 0 Å². The summed E-state index contributed by atoms with van der Waals surface area (Å²) in [6.45, 7) is 0.671. The van der Waals surface area contributed by atoms with Crippen molar-refractivity contribution in [3.8, 4) is 0 Å². The number of nitrogens with zero attached hydrogens (tertiary/aromatic N) is 2. The second-order valence-corrected chi connectivity index (χ2v) is 7.59. The van der Waals surface area contributed by atoms with E-state index in [-0.39, 0.29) is 4.90 Å². The van der Waals surface area contributed by atoms with Crippen molar-refractivity contribution in [1.29, 1.82) is 0 Å². The van der Waals surface area contributed by atoms with E-state index in [1.165, 1.54) is 16.1 Å². The molecule has 1 heterocycles. The van der Waals surface area contributed by atoms with Gasteiger partial charge >= 0.3 is 0 Å². The molecule has 2 aromatic carbocycles. The van der Waals surface area contributed by atoms with Crippen LogP contribution < -0.4 is 5.73 Å². The molecule has 0 bridgehead atoms. The molecule has 2 N–H and O–H groups in total. The van der Waals surface area contributed by atoms with Gasteiger partial charge in [-0.2, -0.15) is 0 Å². The predicted octanol–water partition coefficient (Wildman–Crippen LogP) is 2.52. The quantitative estimate of drug-likeness (QED) is 0.747. The van der Waals surface area contributed by atoms with E-state index in [4.69, 9.17) is 5.73 Å². The summed E-state index contributed by atoms with van der Waals surface area (Å²) >= 11 is 0. The Balaban J connectivity index is 2.21. The molecular weight excluding hydrogens is 310 g/mol. The standard InChI is InChI=1S/C17H19N3O2S/c1-19(2)11-13-12-20(17-6-4-3-5-16(13)17)23(21,22)15-9-7-14(18)8-10-15/h3-10,12H,11,18H2,1-2H3. The van der Waals surface area contributed by atoms with Crippen LogP contribution in [-0.2, 0) is 16.6 Å². The first kappa shape index (κ1) is 15.6. The van der Waals surface area contributed by atoms with Crippen LogP contribution in [0.2, 0.25) is 0 Å². The lowest BCUT2D eigenvalue weighted by Crippen LogP contribution is -2.13. The molecule has 0 spiro atoms. The van der Waals surface area contributed by atoms with E-state index in [0.717, 1.165) is 10.9 Å². The average molecular weight is 329 g/mol. The fourth-order valence-corrected chi connectivity index (χ4v) is 4.03. The SMILES string of the molecule is CN(C)Cc1cn(S(=O)(=O)c2ccc(N)cc2)c2ccccc12. The van der Waals surface area contributed by atoms with Crippen molar-refractivity contribution < 1.29 is 8.42 Å². The van der Waals surface area contributed by atoms with Crippen LogP contribution >= 0.6 is 0 Å². The summed E-state index contributed by atoms with van der Waals surface area (Å²) in [4.78, 5) is 2.24. The van der Waals surface area contributed by atoms with Crippen molar-refractivity contribution in [2.75, 3.05) is 19.8 Å². The zero-order chi connectivity index (χ0) is 16.6. The molecule has 5 nitrogen and oxygen atoms in total. The lowest BCUT2D eigenvalue weighted by Gasteiger charge is -2.08. The Morgan fingerprint density at radius 2 is 1.70 bits per heavy atom. The second kappa shape index (κ2) is 5.72. The lowest BCUT2D eigenvalue weighted by atomic mass is 10.2. The van der Waals surface area contributed by atoms with Crippen LogP contribution in [0.15, 0.2) is 59.6 Å². The van der Waals surface area contributed by atoms with Gasteiger partial charge in [-0.05, 0) is 50.0 Å². The van der Waals surface area contributed by atoms with Crippen molar-refractivity contribution in [2.24, 2.45) is 0 Å². The van der Waals surface area contributed by atoms with Crippen LogP contribution in [0.1, 0.15) is 5.56 Å². The zero-order valence-electron chi connectivity index (χ0n) is 13.1. The number of benzene rings is 2. The van der Waals surface area contributed by atoms with E-state index in [0.29, 0.717) is 17.7 Å². The lowest BCUT2D eigenvalue weighted by molar-refractivity contribution is 0.404. The zero-order valence-corrected chi connectivity index (χ0v) is 13.9. The molecule has 3 rings (SSSR count). The fraction of sp³-hybridized carbons (Fsp3) is 0.176. The Morgan fingerprint density at radius 3 is 2.35 bits per heavy atom. The van der Waals surface area contributed by atoms with Crippen LogP contribution in [-0.4, -0.2) is 31.4 Å². The third kappa shape index (κ3) is 2.83.